The zero-order valence-electron chi connectivity index (χ0n) is 13.0. The van der Waals surface area contributed by atoms with Gasteiger partial charge in [-0.15, -0.1) is 0 Å². The third kappa shape index (κ3) is 5.72. The highest BCUT2D eigenvalue weighted by atomic mass is 16.5. The van der Waals surface area contributed by atoms with Crippen molar-refractivity contribution in [2.24, 2.45) is 0 Å². The van der Waals surface area contributed by atoms with Crippen LogP contribution in [0.25, 0.3) is 0 Å². The predicted octanol–water partition coefficient (Wildman–Crippen LogP) is 2.53. The van der Waals surface area contributed by atoms with Crippen LogP contribution in [0.3, 0.4) is 0 Å². The van der Waals surface area contributed by atoms with Gasteiger partial charge in [-0.25, -0.2) is 0 Å². The Labute approximate surface area is 118 Å². The van der Waals surface area contributed by atoms with Crippen molar-refractivity contribution in [3.05, 3.63) is 34.9 Å². The van der Waals surface area contributed by atoms with E-state index in [-0.39, 0.29) is 0 Å². The van der Waals surface area contributed by atoms with E-state index in [1.165, 1.54) is 16.7 Å². The number of methoxy groups -OCH3 is 1. The van der Waals surface area contributed by atoms with Crippen molar-refractivity contribution >= 4 is 0 Å². The second-order valence-corrected chi connectivity index (χ2v) is 5.32. The van der Waals surface area contributed by atoms with Crippen LogP contribution in [0.1, 0.15) is 29.7 Å². The lowest BCUT2D eigenvalue weighted by molar-refractivity contribution is 0.161. The fraction of sp³-hybridized carbons (Fsp3) is 0.625. The molecule has 19 heavy (non-hydrogen) atoms. The highest BCUT2D eigenvalue weighted by molar-refractivity contribution is 5.31. The molecule has 1 aromatic rings. The molecule has 0 bridgehead atoms. The molecule has 1 atom stereocenters. The Bertz CT molecular complexity index is 379. The molecule has 1 aromatic carbocycles. The molecule has 3 nitrogen and oxygen atoms in total. The van der Waals surface area contributed by atoms with Gasteiger partial charge < -0.3 is 15.0 Å². The molecule has 1 rings (SSSR count). The lowest BCUT2D eigenvalue weighted by Crippen LogP contribution is -2.32. The van der Waals surface area contributed by atoms with Crippen LogP contribution in [-0.4, -0.2) is 45.3 Å². The predicted molar refractivity (Wildman–Crippen MR) is 81.7 cm³/mol. The van der Waals surface area contributed by atoms with E-state index in [4.69, 9.17) is 4.74 Å². The normalized spacial score (nSPS) is 12.9. The third-order valence-corrected chi connectivity index (χ3v) is 3.65. The van der Waals surface area contributed by atoms with Gasteiger partial charge in [-0.05, 0) is 44.5 Å². The Hall–Kier alpha value is -0.900. The minimum atomic E-state index is 0.398. The third-order valence-electron chi connectivity index (χ3n) is 3.65. The number of likely N-dealkylation sites (N-methyl/N-ethyl adjacent to an activating group) is 1. The number of aryl methyl sites for hydroxylation is 2. The quantitative estimate of drug-likeness (QED) is 0.781. The van der Waals surface area contributed by atoms with E-state index in [0.717, 1.165) is 26.2 Å². The maximum absolute atomic E-state index is 5.07. The van der Waals surface area contributed by atoms with Gasteiger partial charge in [-0.2, -0.15) is 0 Å². The summed E-state index contributed by atoms with van der Waals surface area (Å²) in [5, 5.41) is 3.57. The molecule has 1 unspecified atom stereocenters. The van der Waals surface area contributed by atoms with E-state index in [1.807, 2.05) is 0 Å². The zero-order valence-corrected chi connectivity index (χ0v) is 13.0. The smallest absolute Gasteiger partial charge is 0.0589 e. The van der Waals surface area contributed by atoms with Gasteiger partial charge in [0.2, 0.25) is 0 Å². The number of rotatable bonds is 8. The Balaban J connectivity index is 2.34. The Morgan fingerprint density at radius 2 is 1.95 bits per heavy atom. The van der Waals surface area contributed by atoms with Crippen LogP contribution >= 0.6 is 0 Å². The highest BCUT2D eigenvalue weighted by Crippen LogP contribution is 2.16. The van der Waals surface area contributed by atoms with Gasteiger partial charge in [0.1, 0.15) is 0 Å². The molecular formula is C16H28N2O. The molecule has 0 fully saturated rings. The summed E-state index contributed by atoms with van der Waals surface area (Å²) in [6, 6.07) is 7.10. The van der Waals surface area contributed by atoms with Crippen molar-refractivity contribution < 1.29 is 4.74 Å². The second kappa shape index (κ2) is 8.31. The molecule has 0 saturated carbocycles. The molecule has 108 valence electrons. The van der Waals surface area contributed by atoms with Gasteiger partial charge in [-0.3, -0.25) is 0 Å². The van der Waals surface area contributed by atoms with Crippen LogP contribution in [0.15, 0.2) is 18.2 Å². The fourth-order valence-corrected chi connectivity index (χ4v) is 1.98. The van der Waals surface area contributed by atoms with Crippen LogP contribution in [0, 0.1) is 13.8 Å². The summed E-state index contributed by atoms with van der Waals surface area (Å²) in [6.45, 7) is 10.4. The van der Waals surface area contributed by atoms with Crippen LogP contribution in [0.5, 0.6) is 0 Å². The Morgan fingerprint density at radius 3 is 2.58 bits per heavy atom. The Morgan fingerprint density at radius 1 is 1.21 bits per heavy atom. The van der Waals surface area contributed by atoms with Crippen molar-refractivity contribution in [3.8, 4) is 0 Å². The van der Waals surface area contributed by atoms with Gasteiger partial charge in [0.25, 0.3) is 0 Å². The number of hydrogen-bond donors (Lipinski definition) is 1. The summed E-state index contributed by atoms with van der Waals surface area (Å²) in [5.41, 5.74) is 4.08. The first kappa shape index (κ1) is 16.2. The lowest BCUT2D eigenvalue weighted by Gasteiger charge is -2.19. The monoisotopic (exact) mass is 264 g/mol. The number of hydrogen-bond acceptors (Lipinski definition) is 3. The number of benzene rings is 1. The minimum Gasteiger partial charge on any atom is -0.383 e. The first-order valence-electron chi connectivity index (χ1n) is 7.02. The first-order chi connectivity index (χ1) is 9.04. The van der Waals surface area contributed by atoms with E-state index in [0.29, 0.717) is 6.04 Å². The second-order valence-electron chi connectivity index (χ2n) is 5.32. The largest absolute Gasteiger partial charge is 0.383 e. The summed E-state index contributed by atoms with van der Waals surface area (Å²) in [6.07, 6.45) is 0. The number of nitrogens with zero attached hydrogens (tertiary/aromatic N) is 1. The molecule has 0 aliphatic heterocycles. The molecule has 0 saturated heterocycles. The molecular weight excluding hydrogens is 236 g/mol. The average molecular weight is 264 g/mol. The molecule has 0 spiro atoms. The topological polar surface area (TPSA) is 24.5 Å². The van der Waals surface area contributed by atoms with E-state index in [9.17, 15) is 0 Å². The van der Waals surface area contributed by atoms with E-state index in [1.54, 1.807) is 7.11 Å². The highest BCUT2D eigenvalue weighted by Gasteiger charge is 2.06. The Kier molecular flexibility index (Phi) is 7.06. The first-order valence-corrected chi connectivity index (χ1v) is 7.02. The summed E-state index contributed by atoms with van der Waals surface area (Å²) in [5.74, 6) is 0. The van der Waals surface area contributed by atoms with Crippen molar-refractivity contribution in [1.82, 2.24) is 10.2 Å². The zero-order chi connectivity index (χ0) is 14.3. The van der Waals surface area contributed by atoms with E-state index < -0.39 is 0 Å². The lowest BCUT2D eigenvalue weighted by atomic mass is 10.0. The molecule has 0 amide bonds. The standard InChI is InChI=1S/C16H28N2O/c1-13-6-7-16(12-14(13)2)15(3)17-8-9-18(4)10-11-19-5/h6-7,12,15,17H,8-11H2,1-5H3. The molecule has 0 aliphatic rings. The molecule has 0 radical (unpaired) electrons. The molecule has 0 aromatic heterocycles. The van der Waals surface area contributed by atoms with Gasteiger partial charge in [0.15, 0.2) is 0 Å². The molecule has 0 aliphatic carbocycles. The number of ether oxygens (including phenoxy) is 1. The average Bonchev–Trinajstić information content (AvgIpc) is 2.39. The van der Waals surface area contributed by atoms with E-state index in [2.05, 4.69) is 56.2 Å². The summed E-state index contributed by atoms with van der Waals surface area (Å²) < 4.78 is 5.07. The van der Waals surface area contributed by atoms with Crippen LogP contribution in [0.4, 0.5) is 0 Å². The van der Waals surface area contributed by atoms with Gasteiger partial charge in [0, 0.05) is 32.8 Å². The van der Waals surface area contributed by atoms with E-state index >= 15 is 0 Å². The van der Waals surface area contributed by atoms with Crippen molar-refractivity contribution in [2.45, 2.75) is 26.8 Å². The number of nitrogens with one attached hydrogen (secondary N) is 1. The minimum absolute atomic E-state index is 0.398. The maximum atomic E-state index is 5.07. The van der Waals surface area contributed by atoms with Crippen LogP contribution < -0.4 is 5.32 Å². The van der Waals surface area contributed by atoms with Crippen molar-refractivity contribution in [1.29, 1.82) is 0 Å². The maximum Gasteiger partial charge on any atom is 0.0589 e. The van der Waals surface area contributed by atoms with Gasteiger partial charge in [0.05, 0.1) is 6.61 Å². The molecule has 0 heterocycles. The summed E-state index contributed by atoms with van der Waals surface area (Å²) in [7, 11) is 3.87. The van der Waals surface area contributed by atoms with Crippen LogP contribution in [0.2, 0.25) is 0 Å². The molecule has 1 N–H and O–H groups in total. The van der Waals surface area contributed by atoms with Gasteiger partial charge in [-0.1, -0.05) is 18.2 Å². The van der Waals surface area contributed by atoms with Crippen molar-refractivity contribution in [2.75, 3.05) is 40.4 Å². The van der Waals surface area contributed by atoms with Gasteiger partial charge >= 0.3 is 0 Å². The summed E-state index contributed by atoms with van der Waals surface area (Å²) >= 11 is 0. The summed E-state index contributed by atoms with van der Waals surface area (Å²) in [4.78, 5) is 2.28. The SMILES string of the molecule is COCCN(C)CCNC(C)c1ccc(C)c(C)c1. The fourth-order valence-electron chi connectivity index (χ4n) is 1.98. The molecule has 3 heteroatoms. The van der Waals surface area contributed by atoms with Crippen molar-refractivity contribution in [3.63, 3.8) is 0 Å². The van der Waals surface area contributed by atoms with Crippen LogP contribution in [-0.2, 0) is 4.74 Å².